The lowest BCUT2D eigenvalue weighted by atomic mass is 10.1. The molecule has 0 unspecified atom stereocenters. The van der Waals surface area contributed by atoms with Gasteiger partial charge in [0.05, 0.1) is 31.2 Å². The SMILES string of the molecule is COC(=O)c1cccc(CO/N=C(/C)c2cc(-c3ccc(OC)cc3)n(-c3ccc(F)cc3)c2C)c1. The Labute approximate surface area is 209 Å². The number of carbonyl (C=O) groups is 1. The van der Waals surface area contributed by atoms with Gasteiger partial charge < -0.3 is 18.9 Å². The molecule has 3 aromatic carbocycles. The van der Waals surface area contributed by atoms with Crippen molar-refractivity contribution in [3.05, 3.63) is 107 Å². The maximum atomic E-state index is 13.6. The van der Waals surface area contributed by atoms with Crippen LogP contribution in [0, 0.1) is 12.7 Å². The van der Waals surface area contributed by atoms with Crippen molar-refractivity contribution in [2.45, 2.75) is 20.5 Å². The molecule has 0 radical (unpaired) electrons. The molecule has 4 rings (SSSR count). The van der Waals surface area contributed by atoms with Crippen LogP contribution in [0.5, 0.6) is 5.75 Å². The van der Waals surface area contributed by atoms with Gasteiger partial charge in [-0.25, -0.2) is 9.18 Å². The molecule has 0 saturated heterocycles. The summed E-state index contributed by atoms with van der Waals surface area (Å²) in [5.74, 6) is 0.0653. The van der Waals surface area contributed by atoms with Crippen LogP contribution in [0.15, 0.2) is 84.0 Å². The lowest BCUT2D eigenvalue weighted by Gasteiger charge is -2.13. The van der Waals surface area contributed by atoms with Crippen LogP contribution in [-0.4, -0.2) is 30.5 Å². The Kier molecular flexibility index (Phi) is 7.49. The third-order valence-electron chi connectivity index (χ3n) is 5.89. The van der Waals surface area contributed by atoms with E-state index in [4.69, 9.17) is 14.3 Å². The average Bonchev–Trinajstić information content (AvgIpc) is 3.25. The van der Waals surface area contributed by atoms with Gasteiger partial charge >= 0.3 is 5.97 Å². The molecular formula is C29H27FN2O4. The Morgan fingerprint density at radius 2 is 1.69 bits per heavy atom. The maximum Gasteiger partial charge on any atom is 0.337 e. The summed E-state index contributed by atoms with van der Waals surface area (Å²) in [6.45, 7) is 4.07. The number of benzene rings is 3. The van der Waals surface area contributed by atoms with Crippen molar-refractivity contribution in [2.75, 3.05) is 14.2 Å². The first-order valence-electron chi connectivity index (χ1n) is 11.4. The molecule has 184 valence electrons. The first-order chi connectivity index (χ1) is 17.4. The third-order valence-corrected chi connectivity index (χ3v) is 5.89. The number of halogens is 1. The highest BCUT2D eigenvalue weighted by molar-refractivity contribution is 6.01. The molecule has 0 bridgehead atoms. The van der Waals surface area contributed by atoms with Crippen LogP contribution in [0.2, 0.25) is 0 Å². The van der Waals surface area contributed by atoms with E-state index in [2.05, 4.69) is 9.72 Å². The third kappa shape index (κ3) is 5.30. The second-order valence-electron chi connectivity index (χ2n) is 8.21. The standard InChI is InChI=1S/C29H27FN2O4/c1-19(31-36-18-21-6-5-7-23(16-21)29(33)35-4)27-17-28(22-8-14-26(34-3)15-9-22)32(20(27)2)25-12-10-24(30)11-13-25/h5-17H,18H2,1-4H3/b31-19-. The molecule has 0 fully saturated rings. The Morgan fingerprint density at radius 1 is 0.972 bits per heavy atom. The van der Waals surface area contributed by atoms with Crippen molar-refractivity contribution < 1.29 is 23.5 Å². The molecule has 1 aromatic heterocycles. The van der Waals surface area contributed by atoms with E-state index in [0.717, 1.165) is 39.5 Å². The van der Waals surface area contributed by atoms with Gasteiger partial charge in [0, 0.05) is 16.9 Å². The van der Waals surface area contributed by atoms with Crippen LogP contribution in [0.1, 0.15) is 34.1 Å². The van der Waals surface area contributed by atoms with Gasteiger partial charge in [0.15, 0.2) is 0 Å². The van der Waals surface area contributed by atoms with E-state index in [0.29, 0.717) is 11.3 Å². The minimum Gasteiger partial charge on any atom is -0.497 e. The highest BCUT2D eigenvalue weighted by atomic mass is 19.1. The molecule has 7 heteroatoms. The maximum absolute atomic E-state index is 13.6. The van der Waals surface area contributed by atoms with Gasteiger partial charge in [-0.15, -0.1) is 0 Å². The number of rotatable bonds is 8. The van der Waals surface area contributed by atoms with Crippen LogP contribution in [0.25, 0.3) is 16.9 Å². The number of aromatic nitrogens is 1. The Bertz CT molecular complexity index is 1390. The van der Waals surface area contributed by atoms with Crippen LogP contribution in [0.4, 0.5) is 4.39 Å². The van der Waals surface area contributed by atoms with Crippen LogP contribution in [0.3, 0.4) is 0 Å². The van der Waals surface area contributed by atoms with Crippen LogP contribution < -0.4 is 4.74 Å². The second kappa shape index (κ2) is 10.9. The fourth-order valence-corrected chi connectivity index (χ4v) is 4.03. The number of ether oxygens (including phenoxy) is 2. The summed E-state index contributed by atoms with van der Waals surface area (Å²) < 4.78 is 25.8. The summed E-state index contributed by atoms with van der Waals surface area (Å²) in [5, 5.41) is 4.34. The van der Waals surface area contributed by atoms with Crippen LogP contribution >= 0.6 is 0 Å². The van der Waals surface area contributed by atoms with E-state index in [1.807, 2.05) is 50.2 Å². The average molecular weight is 487 g/mol. The summed E-state index contributed by atoms with van der Waals surface area (Å²) in [4.78, 5) is 17.4. The fraction of sp³-hybridized carbons (Fsp3) is 0.172. The van der Waals surface area contributed by atoms with Crippen LogP contribution in [-0.2, 0) is 16.2 Å². The molecule has 6 nitrogen and oxygen atoms in total. The molecule has 0 amide bonds. The zero-order chi connectivity index (χ0) is 25.7. The van der Waals surface area contributed by atoms with Gasteiger partial charge in [-0.1, -0.05) is 17.3 Å². The Hall–Kier alpha value is -4.39. The molecule has 0 atom stereocenters. The zero-order valence-corrected chi connectivity index (χ0v) is 20.6. The van der Waals surface area contributed by atoms with Gasteiger partial charge in [-0.2, -0.15) is 0 Å². The first kappa shape index (κ1) is 24.7. The van der Waals surface area contributed by atoms with Crippen molar-refractivity contribution in [3.63, 3.8) is 0 Å². The van der Waals surface area contributed by atoms with Crippen molar-refractivity contribution >= 4 is 11.7 Å². The fourth-order valence-electron chi connectivity index (χ4n) is 4.03. The lowest BCUT2D eigenvalue weighted by Crippen LogP contribution is -2.03. The molecule has 36 heavy (non-hydrogen) atoms. The molecule has 0 aliphatic rings. The Balaban J connectivity index is 1.66. The van der Waals surface area contributed by atoms with E-state index in [9.17, 15) is 9.18 Å². The topological polar surface area (TPSA) is 62.1 Å². The number of hydrogen-bond acceptors (Lipinski definition) is 5. The predicted molar refractivity (Wildman–Crippen MR) is 137 cm³/mol. The number of nitrogens with zero attached hydrogens (tertiary/aromatic N) is 2. The van der Waals surface area contributed by atoms with Gasteiger partial charge in [0.2, 0.25) is 0 Å². The molecule has 0 aliphatic carbocycles. The molecular weight excluding hydrogens is 459 g/mol. The van der Waals surface area contributed by atoms with E-state index in [-0.39, 0.29) is 12.4 Å². The summed E-state index contributed by atoms with van der Waals surface area (Å²) in [6, 6.07) is 23.2. The summed E-state index contributed by atoms with van der Waals surface area (Å²) >= 11 is 0. The van der Waals surface area contributed by atoms with Crippen molar-refractivity contribution in [1.82, 2.24) is 4.57 Å². The minimum atomic E-state index is -0.402. The summed E-state index contributed by atoms with van der Waals surface area (Å²) in [7, 11) is 2.98. The highest BCUT2D eigenvalue weighted by Gasteiger charge is 2.17. The Morgan fingerprint density at radius 3 is 2.36 bits per heavy atom. The van der Waals surface area contributed by atoms with E-state index >= 15 is 0 Å². The molecule has 1 heterocycles. The molecule has 0 saturated carbocycles. The number of methoxy groups -OCH3 is 2. The van der Waals surface area contributed by atoms with Gasteiger partial charge in [-0.3, -0.25) is 0 Å². The van der Waals surface area contributed by atoms with E-state index in [1.54, 1.807) is 37.4 Å². The normalized spacial score (nSPS) is 11.3. The van der Waals surface area contributed by atoms with Gasteiger partial charge in [-0.05, 0) is 91.7 Å². The van der Waals surface area contributed by atoms with Gasteiger partial charge in [0.1, 0.15) is 18.2 Å². The molecule has 0 aliphatic heterocycles. The van der Waals surface area contributed by atoms with Gasteiger partial charge in [0.25, 0.3) is 0 Å². The monoisotopic (exact) mass is 486 g/mol. The second-order valence-corrected chi connectivity index (χ2v) is 8.21. The quantitative estimate of drug-likeness (QED) is 0.166. The smallest absolute Gasteiger partial charge is 0.337 e. The minimum absolute atomic E-state index is 0.200. The first-order valence-corrected chi connectivity index (χ1v) is 11.4. The van der Waals surface area contributed by atoms with Crippen molar-refractivity contribution in [2.24, 2.45) is 5.16 Å². The zero-order valence-electron chi connectivity index (χ0n) is 20.6. The lowest BCUT2D eigenvalue weighted by molar-refractivity contribution is 0.0600. The number of hydrogen-bond donors (Lipinski definition) is 0. The molecule has 4 aromatic rings. The number of carbonyl (C=O) groups excluding carboxylic acids is 1. The molecule has 0 N–H and O–H groups in total. The predicted octanol–water partition coefficient (Wildman–Crippen LogP) is 6.33. The number of oxime groups is 1. The summed E-state index contributed by atoms with van der Waals surface area (Å²) in [6.07, 6.45) is 0. The van der Waals surface area contributed by atoms with Crippen molar-refractivity contribution in [3.8, 4) is 22.7 Å². The van der Waals surface area contributed by atoms with Crippen molar-refractivity contribution in [1.29, 1.82) is 0 Å². The van der Waals surface area contributed by atoms with E-state index < -0.39 is 5.97 Å². The number of esters is 1. The highest BCUT2D eigenvalue weighted by Crippen LogP contribution is 2.31. The largest absolute Gasteiger partial charge is 0.497 e. The van der Waals surface area contributed by atoms with E-state index in [1.165, 1.54) is 19.2 Å². The molecule has 0 spiro atoms. The summed E-state index contributed by atoms with van der Waals surface area (Å²) in [5.41, 5.74) is 6.51.